The minimum Gasteiger partial charge on any atom is -0.316 e. The van der Waals surface area contributed by atoms with Crippen LogP contribution >= 0.6 is 11.3 Å². The fourth-order valence-corrected chi connectivity index (χ4v) is 4.25. The Hall–Kier alpha value is -1.19. The number of nitrogens with zero attached hydrogens (tertiary/aromatic N) is 1. The predicted octanol–water partition coefficient (Wildman–Crippen LogP) is 3.88. The zero-order valence-corrected chi connectivity index (χ0v) is 13.8. The molecule has 1 N–H and O–H groups in total. The van der Waals surface area contributed by atoms with Crippen molar-refractivity contribution in [2.75, 3.05) is 13.1 Å². The van der Waals surface area contributed by atoms with E-state index in [1.807, 2.05) is 0 Å². The molecule has 1 atom stereocenters. The third-order valence-electron chi connectivity index (χ3n) is 4.59. The van der Waals surface area contributed by atoms with Gasteiger partial charge in [-0.2, -0.15) is 0 Å². The van der Waals surface area contributed by atoms with E-state index in [2.05, 4.69) is 48.8 Å². The number of hydrogen-bond donors (Lipinski definition) is 1. The number of rotatable bonds is 5. The number of aromatic nitrogens is 1. The number of thiazole rings is 1. The van der Waals surface area contributed by atoms with Crippen LogP contribution in [0.3, 0.4) is 0 Å². The molecule has 0 saturated heterocycles. The van der Waals surface area contributed by atoms with Crippen molar-refractivity contribution in [1.29, 1.82) is 0 Å². The van der Waals surface area contributed by atoms with E-state index in [0.29, 0.717) is 0 Å². The summed E-state index contributed by atoms with van der Waals surface area (Å²) in [7, 11) is 0. The number of aryl methyl sites for hydroxylation is 2. The lowest BCUT2D eigenvalue weighted by molar-refractivity contribution is 0.336. The van der Waals surface area contributed by atoms with E-state index in [1.165, 1.54) is 35.5 Å². The van der Waals surface area contributed by atoms with Crippen molar-refractivity contribution in [3.8, 4) is 0 Å². The van der Waals surface area contributed by atoms with Gasteiger partial charge in [0.2, 0.25) is 0 Å². The minimum atomic E-state index is 0.214. The van der Waals surface area contributed by atoms with Gasteiger partial charge < -0.3 is 5.32 Å². The molecule has 0 saturated carbocycles. The second-order valence-corrected chi connectivity index (χ2v) is 7.17. The molecule has 112 valence electrons. The monoisotopic (exact) mass is 300 g/mol. The first kappa shape index (κ1) is 14.7. The lowest BCUT2D eigenvalue weighted by Crippen LogP contribution is -2.42. The van der Waals surface area contributed by atoms with Crippen molar-refractivity contribution in [2.45, 2.75) is 44.9 Å². The van der Waals surface area contributed by atoms with Gasteiger partial charge in [0.1, 0.15) is 0 Å². The molecule has 2 nitrogen and oxygen atoms in total. The van der Waals surface area contributed by atoms with E-state index in [-0.39, 0.29) is 5.41 Å². The van der Waals surface area contributed by atoms with Crippen LogP contribution in [-0.4, -0.2) is 18.1 Å². The maximum absolute atomic E-state index is 4.72. The van der Waals surface area contributed by atoms with Gasteiger partial charge in [0.05, 0.1) is 10.7 Å². The van der Waals surface area contributed by atoms with Crippen LogP contribution in [0, 0.1) is 6.92 Å². The van der Waals surface area contributed by atoms with Crippen LogP contribution in [0.2, 0.25) is 0 Å². The van der Waals surface area contributed by atoms with Crippen LogP contribution in [0.5, 0.6) is 0 Å². The summed E-state index contributed by atoms with van der Waals surface area (Å²) in [5.74, 6) is 0. The SMILES string of the molecule is CCNCC1(Cc2csc(C)n2)CCCc2ccccc21. The van der Waals surface area contributed by atoms with Crippen molar-refractivity contribution in [3.63, 3.8) is 0 Å². The highest BCUT2D eigenvalue weighted by Gasteiger charge is 2.36. The molecule has 0 aliphatic heterocycles. The summed E-state index contributed by atoms with van der Waals surface area (Å²) < 4.78 is 0. The van der Waals surface area contributed by atoms with Crippen molar-refractivity contribution in [2.24, 2.45) is 0 Å². The number of fused-ring (bicyclic) bond motifs is 1. The summed E-state index contributed by atoms with van der Waals surface area (Å²) >= 11 is 1.77. The topological polar surface area (TPSA) is 24.9 Å². The number of nitrogens with one attached hydrogen (secondary N) is 1. The fraction of sp³-hybridized carbons (Fsp3) is 0.500. The van der Waals surface area contributed by atoms with Crippen LogP contribution in [-0.2, 0) is 18.3 Å². The summed E-state index contributed by atoms with van der Waals surface area (Å²) in [6.45, 7) is 6.37. The second kappa shape index (κ2) is 6.29. The molecule has 1 aromatic heterocycles. The van der Waals surface area contributed by atoms with E-state index in [0.717, 1.165) is 19.5 Å². The molecule has 1 aliphatic rings. The van der Waals surface area contributed by atoms with Gasteiger partial charge in [-0.25, -0.2) is 4.98 Å². The molecule has 2 aromatic rings. The Kier molecular flexibility index (Phi) is 4.41. The Morgan fingerprint density at radius 2 is 2.19 bits per heavy atom. The zero-order valence-electron chi connectivity index (χ0n) is 13.0. The van der Waals surface area contributed by atoms with Gasteiger partial charge in [-0.05, 0) is 43.9 Å². The predicted molar refractivity (Wildman–Crippen MR) is 90.2 cm³/mol. The third kappa shape index (κ3) is 3.04. The zero-order chi connectivity index (χ0) is 14.7. The molecule has 0 bridgehead atoms. The molecule has 1 heterocycles. The minimum absolute atomic E-state index is 0.214. The summed E-state index contributed by atoms with van der Waals surface area (Å²) in [6, 6.07) is 9.01. The first-order valence-corrected chi connectivity index (χ1v) is 8.81. The summed E-state index contributed by atoms with van der Waals surface area (Å²) in [5.41, 5.74) is 4.55. The first-order chi connectivity index (χ1) is 10.2. The molecule has 3 heteroatoms. The number of benzene rings is 1. The van der Waals surface area contributed by atoms with Crippen molar-refractivity contribution in [3.05, 3.63) is 51.5 Å². The highest BCUT2D eigenvalue weighted by Crippen LogP contribution is 2.39. The van der Waals surface area contributed by atoms with Gasteiger partial charge in [-0.1, -0.05) is 31.2 Å². The van der Waals surface area contributed by atoms with Gasteiger partial charge in [0.25, 0.3) is 0 Å². The summed E-state index contributed by atoms with van der Waals surface area (Å²) in [6.07, 6.45) is 4.82. The van der Waals surface area contributed by atoms with Crippen molar-refractivity contribution >= 4 is 11.3 Å². The largest absolute Gasteiger partial charge is 0.316 e. The maximum Gasteiger partial charge on any atom is 0.0897 e. The molecule has 1 aliphatic carbocycles. The quantitative estimate of drug-likeness (QED) is 0.906. The molecule has 1 unspecified atom stereocenters. The highest BCUT2D eigenvalue weighted by atomic mass is 32.1. The van der Waals surface area contributed by atoms with Crippen LogP contribution in [0.15, 0.2) is 29.6 Å². The summed E-state index contributed by atoms with van der Waals surface area (Å²) in [5, 5.41) is 7.01. The number of likely N-dealkylation sites (N-methyl/N-ethyl adjacent to an activating group) is 1. The fourth-order valence-electron chi connectivity index (χ4n) is 3.64. The molecule has 3 rings (SSSR count). The normalized spacial score (nSPS) is 21.2. The van der Waals surface area contributed by atoms with Crippen LogP contribution in [0.25, 0.3) is 0 Å². The van der Waals surface area contributed by atoms with E-state index in [9.17, 15) is 0 Å². The van der Waals surface area contributed by atoms with E-state index in [4.69, 9.17) is 4.98 Å². The lowest BCUT2D eigenvalue weighted by atomic mass is 9.67. The van der Waals surface area contributed by atoms with E-state index in [1.54, 1.807) is 16.9 Å². The van der Waals surface area contributed by atoms with Crippen LogP contribution in [0.4, 0.5) is 0 Å². The molecule has 0 fully saturated rings. The third-order valence-corrected chi connectivity index (χ3v) is 5.41. The Labute approximate surface area is 131 Å². The molecule has 0 spiro atoms. The van der Waals surface area contributed by atoms with Gasteiger partial charge in [0.15, 0.2) is 0 Å². The Bertz CT molecular complexity index is 605. The smallest absolute Gasteiger partial charge is 0.0897 e. The Morgan fingerprint density at radius 3 is 2.95 bits per heavy atom. The van der Waals surface area contributed by atoms with Gasteiger partial charge in [-0.15, -0.1) is 11.3 Å². The van der Waals surface area contributed by atoms with Gasteiger partial charge >= 0.3 is 0 Å². The molecule has 0 amide bonds. The molecular formula is C18H24N2S. The molecule has 0 radical (unpaired) electrons. The van der Waals surface area contributed by atoms with Gasteiger partial charge in [0, 0.05) is 23.8 Å². The first-order valence-electron chi connectivity index (χ1n) is 7.94. The van der Waals surface area contributed by atoms with Crippen molar-refractivity contribution < 1.29 is 0 Å². The Morgan fingerprint density at radius 1 is 1.33 bits per heavy atom. The van der Waals surface area contributed by atoms with Crippen molar-refractivity contribution in [1.82, 2.24) is 10.3 Å². The lowest BCUT2D eigenvalue weighted by Gasteiger charge is -2.39. The van der Waals surface area contributed by atoms with E-state index < -0.39 is 0 Å². The molecule has 1 aromatic carbocycles. The van der Waals surface area contributed by atoms with Gasteiger partial charge in [-0.3, -0.25) is 0 Å². The second-order valence-electron chi connectivity index (χ2n) is 6.11. The summed E-state index contributed by atoms with van der Waals surface area (Å²) in [4.78, 5) is 4.72. The highest BCUT2D eigenvalue weighted by molar-refractivity contribution is 7.09. The molecule has 21 heavy (non-hydrogen) atoms. The Balaban J connectivity index is 1.97. The van der Waals surface area contributed by atoms with E-state index >= 15 is 0 Å². The van der Waals surface area contributed by atoms with Crippen LogP contribution in [0.1, 0.15) is 41.6 Å². The maximum atomic E-state index is 4.72. The average Bonchev–Trinajstić information content (AvgIpc) is 2.91. The number of hydrogen-bond acceptors (Lipinski definition) is 3. The average molecular weight is 300 g/mol. The standard InChI is InChI=1S/C18H24N2S/c1-3-19-13-18(11-16-12-21-14(2)20-16)10-6-8-15-7-4-5-9-17(15)18/h4-5,7,9,12,19H,3,6,8,10-11,13H2,1-2H3. The molecular weight excluding hydrogens is 276 g/mol. The van der Waals surface area contributed by atoms with Crippen LogP contribution < -0.4 is 5.32 Å².